The first kappa shape index (κ1) is 14.9. The molecule has 0 aliphatic carbocycles. The Kier molecular flexibility index (Phi) is 10.3. The third kappa shape index (κ3) is 8.85. The van der Waals surface area contributed by atoms with Crippen LogP contribution in [-0.2, 0) is 4.74 Å². The van der Waals surface area contributed by atoms with Crippen LogP contribution in [0.5, 0.6) is 0 Å². The molecule has 0 radical (unpaired) electrons. The van der Waals surface area contributed by atoms with Crippen molar-refractivity contribution in [3.63, 3.8) is 0 Å². The minimum absolute atomic E-state index is 0.216. The summed E-state index contributed by atoms with van der Waals surface area (Å²) in [4.78, 5) is 0. The predicted molar refractivity (Wildman–Crippen MR) is 61.8 cm³/mol. The van der Waals surface area contributed by atoms with E-state index in [9.17, 15) is 0 Å². The molecule has 0 aromatic rings. The van der Waals surface area contributed by atoms with Crippen LogP contribution in [0.1, 0.15) is 46.0 Å². The zero-order chi connectivity index (χ0) is 11.5. The van der Waals surface area contributed by atoms with Crippen molar-refractivity contribution in [3.05, 3.63) is 0 Å². The second-order valence-corrected chi connectivity index (χ2v) is 4.14. The normalized spacial score (nSPS) is 15.2. The van der Waals surface area contributed by atoms with Gasteiger partial charge in [0.2, 0.25) is 0 Å². The summed E-state index contributed by atoms with van der Waals surface area (Å²) >= 11 is 0. The quantitative estimate of drug-likeness (QED) is 0.551. The molecule has 92 valence electrons. The molecule has 0 spiro atoms. The highest BCUT2D eigenvalue weighted by atomic mass is 16.5. The summed E-state index contributed by atoms with van der Waals surface area (Å²) in [5.41, 5.74) is 0. The molecule has 0 saturated heterocycles. The van der Waals surface area contributed by atoms with Gasteiger partial charge in [0.25, 0.3) is 0 Å². The fourth-order valence-corrected chi connectivity index (χ4v) is 1.51. The number of hydrogen-bond acceptors (Lipinski definition) is 3. The van der Waals surface area contributed by atoms with E-state index in [-0.39, 0.29) is 13.2 Å². The van der Waals surface area contributed by atoms with Gasteiger partial charge in [-0.25, -0.2) is 0 Å². The monoisotopic (exact) mass is 218 g/mol. The van der Waals surface area contributed by atoms with Crippen LogP contribution in [0.25, 0.3) is 0 Å². The molecule has 2 unspecified atom stereocenters. The summed E-state index contributed by atoms with van der Waals surface area (Å²) in [5.74, 6) is 0.599. The van der Waals surface area contributed by atoms with Gasteiger partial charge in [0.15, 0.2) is 0 Å². The Bertz CT molecular complexity index is 128. The van der Waals surface area contributed by atoms with E-state index in [1.165, 1.54) is 25.7 Å². The topological polar surface area (TPSA) is 49.7 Å². The average Bonchev–Trinajstić information content (AvgIpc) is 2.26. The highest BCUT2D eigenvalue weighted by molar-refractivity contribution is 4.57. The summed E-state index contributed by atoms with van der Waals surface area (Å²) in [6.07, 6.45) is 5.41. The van der Waals surface area contributed by atoms with E-state index in [2.05, 4.69) is 13.8 Å². The van der Waals surface area contributed by atoms with Crippen LogP contribution in [0.4, 0.5) is 0 Å². The van der Waals surface area contributed by atoms with Gasteiger partial charge in [0.05, 0.1) is 13.2 Å². The first-order valence-electron chi connectivity index (χ1n) is 6.11. The van der Waals surface area contributed by atoms with Crippen molar-refractivity contribution < 1.29 is 14.9 Å². The lowest BCUT2D eigenvalue weighted by molar-refractivity contribution is -0.00602. The predicted octanol–water partition coefficient (Wildman–Crippen LogP) is 1.96. The maximum atomic E-state index is 9.08. The largest absolute Gasteiger partial charge is 0.394 e. The van der Waals surface area contributed by atoms with E-state index in [1.807, 2.05) is 0 Å². The molecule has 2 N–H and O–H groups in total. The van der Waals surface area contributed by atoms with Crippen LogP contribution in [0.3, 0.4) is 0 Å². The minimum Gasteiger partial charge on any atom is -0.394 e. The molecule has 0 aromatic heterocycles. The lowest BCUT2D eigenvalue weighted by Crippen LogP contribution is -2.21. The van der Waals surface area contributed by atoms with Gasteiger partial charge >= 0.3 is 0 Å². The Morgan fingerprint density at radius 1 is 1.13 bits per heavy atom. The molecule has 0 saturated carbocycles. The molecule has 0 amide bonds. The van der Waals surface area contributed by atoms with Crippen molar-refractivity contribution in [3.8, 4) is 0 Å². The first-order valence-corrected chi connectivity index (χ1v) is 6.11. The van der Waals surface area contributed by atoms with Crippen molar-refractivity contribution in [2.45, 2.75) is 52.1 Å². The van der Waals surface area contributed by atoms with Crippen LogP contribution in [0.2, 0.25) is 0 Å². The van der Waals surface area contributed by atoms with Gasteiger partial charge in [-0.15, -0.1) is 0 Å². The molecule has 0 fully saturated rings. The fourth-order valence-electron chi connectivity index (χ4n) is 1.51. The second-order valence-electron chi connectivity index (χ2n) is 4.14. The van der Waals surface area contributed by atoms with Crippen LogP contribution >= 0.6 is 0 Å². The molecule has 3 heteroatoms. The van der Waals surface area contributed by atoms with Crippen LogP contribution < -0.4 is 0 Å². The summed E-state index contributed by atoms with van der Waals surface area (Å²) in [6, 6.07) is 0. The van der Waals surface area contributed by atoms with E-state index in [1.54, 1.807) is 0 Å². The van der Waals surface area contributed by atoms with E-state index in [0.717, 1.165) is 6.42 Å². The minimum atomic E-state index is -0.724. The van der Waals surface area contributed by atoms with Crippen LogP contribution in [0.15, 0.2) is 0 Å². The van der Waals surface area contributed by atoms with Gasteiger partial charge in [-0.3, -0.25) is 0 Å². The van der Waals surface area contributed by atoms with Crippen molar-refractivity contribution in [1.82, 2.24) is 0 Å². The summed E-state index contributed by atoms with van der Waals surface area (Å²) < 4.78 is 5.36. The van der Waals surface area contributed by atoms with Gasteiger partial charge in [-0.2, -0.15) is 0 Å². The van der Waals surface area contributed by atoms with Crippen molar-refractivity contribution in [2.24, 2.45) is 5.92 Å². The summed E-state index contributed by atoms with van der Waals surface area (Å²) in [6.45, 7) is 5.11. The second kappa shape index (κ2) is 10.4. The van der Waals surface area contributed by atoms with Gasteiger partial charge in [-0.05, 0) is 12.3 Å². The Morgan fingerprint density at radius 3 is 2.40 bits per heavy atom. The number of aliphatic hydroxyl groups excluding tert-OH is 2. The molecule has 0 heterocycles. The standard InChI is InChI=1S/C12H26O3/c1-3-5-6-7-11(4-2)9-15-10-12(14)8-13/h11-14H,3-10H2,1-2H3. The maximum absolute atomic E-state index is 9.08. The van der Waals surface area contributed by atoms with E-state index in [4.69, 9.17) is 14.9 Å². The molecular weight excluding hydrogens is 192 g/mol. The number of hydrogen-bond donors (Lipinski definition) is 2. The highest BCUT2D eigenvalue weighted by Crippen LogP contribution is 2.13. The fraction of sp³-hybridized carbons (Fsp3) is 1.00. The summed E-state index contributed by atoms with van der Waals surface area (Å²) in [5, 5.41) is 17.7. The smallest absolute Gasteiger partial charge is 0.100 e. The Hall–Kier alpha value is -0.120. The molecule has 0 aliphatic rings. The third-order valence-electron chi connectivity index (χ3n) is 2.67. The Labute approximate surface area is 93.5 Å². The number of unbranched alkanes of at least 4 members (excludes halogenated alkanes) is 2. The maximum Gasteiger partial charge on any atom is 0.100 e. The lowest BCUT2D eigenvalue weighted by Gasteiger charge is -2.16. The van der Waals surface area contributed by atoms with Crippen molar-refractivity contribution in [1.29, 1.82) is 0 Å². The van der Waals surface area contributed by atoms with E-state index >= 15 is 0 Å². The molecular formula is C12H26O3. The zero-order valence-electron chi connectivity index (χ0n) is 10.1. The Balaban J connectivity index is 3.43. The van der Waals surface area contributed by atoms with Gasteiger partial charge in [0, 0.05) is 6.61 Å². The third-order valence-corrected chi connectivity index (χ3v) is 2.67. The molecule has 15 heavy (non-hydrogen) atoms. The lowest BCUT2D eigenvalue weighted by atomic mass is 10.00. The molecule has 0 aromatic carbocycles. The number of aliphatic hydroxyl groups is 2. The molecule has 0 aliphatic heterocycles. The van der Waals surface area contributed by atoms with E-state index < -0.39 is 6.10 Å². The average molecular weight is 218 g/mol. The SMILES string of the molecule is CCCCCC(CC)COCC(O)CO. The van der Waals surface area contributed by atoms with Crippen molar-refractivity contribution in [2.75, 3.05) is 19.8 Å². The summed E-state index contributed by atoms with van der Waals surface area (Å²) in [7, 11) is 0. The van der Waals surface area contributed by atoms with Crippen LogP contribution in [0, 0.1) is 5.92 Å². The molecule has 0 bridgehead atoms. The van der Waals surface area contributed by atoms with Gasteiger partial charge in [-0.1, -0.05) is 39.5 Å². The number of rotatable bonds is 10. The molecule has 3 nitrogen and oxygen atoms in total. The Morgan fingerprint density at radius 2 is 1.87 bits per heavy atom. The number of ether oxygens (including phenoxy) is 1. The van der Waals surface area contributed by atoms with Gasteiger partial charge in [0.1, 0.15) is 6.10 Å². The van der Waals surface area contributed by atoms with Crippen molar-refractivity contribution >= 4 is 0 Å². The molecule has 0 rings (SSSR count). The first-order chi connectivity index (χ1) is 7.24. The van der Waals surface area contributed by atoms with Gasteiger partial charge < -0.3 is 14.9 Å². The van der Waals surface area contributed by atoms with E-state index in [0.29, 0.717) is 12.5 Å². The zero-order valence-corrected chi connectivity index (χ0v) is 10.1. The molecule has 2 atom stereocenters. The van der Waals surface area contributed by atoms with Crippen LogP contribution in [-0.4, -0.2) is 36.1 Å². The highest BCUT2D eigenvalue weighted by Gasteiger charge is 2.08.